The van der Waals surface area contributed by atoms with E-state index in [1.807, 2.05) is 0 Å². The van der Waals surface area contributed by atoms with Gasteiger partial charge in [0.2, 0.25) is 11.7 Å². The summed E-state index contributed by atoms with van der Waals surface area (Å²) in [6.07, 6.45) is 3.63. The number of nitrogens with zero attached hydrogens (tertiary/aromatic N) is 1. The molecule has 0 bridgehead atoms. The van der Waals surface area contributed by atoms with Crippen molar-refractivity contribution in [3.63, 3.8) is 0 Å². The first kappa shape index (κ1) is 19.9. The standard InChI is InChI=1S/C22H28N2O4/c1-26-19-14-17(15-20(27-2)22(19)28-3)23-21(25)11-8-16-6-9-18(10-7-16)24-12-4-5-13-24/h6-7,9-10,14-15H,4-5,8,11-13H2,1-3H3,(H,23,25). The van der Waals surface area contributed by atoms with Crippen LogP contribution in [-0.2, 0) is 11.2 Å². The minimum absolute atomic E-state index is 0.0575. The minimum atomic E-state index is -0.0575. The highest BCUT2D eigenvalue weighted by atomic mass is 16.5. The second-order valence-electron chi connectivity index (χ2n) is 6.82. The van der Waals surface area contributed by atoms with Gasteiger partial charge in [-0.3, -0.25) is 4.79 Å². The molecule has 1 amide bonds. The van der Waals surface area contributed by atoms with Crippen molar-refractivity contribution in [1.82, 2.24) is 0 Å². The maximum absolute atomic E-state index is 12.4. The van der Waals surface area contributed by atoms with E-state index in [1.165, 1.54) is 18.5 Å². The Hall–Kier alpha value is -2.89. The Morgan fingerprint density at radius 3 is 2.11 bits per heavy atom. The highest BCUT2D eigenvalue weighted by molar-refractivity contribution is 5.91. The zero-order chi connectivity index (χ0) is 19.9. The molecule has 150 valence electrons. The van der Waals surface area contributed by atoms with Gasteiger partial charge in [-0.25, -0.2) is 0 Å². The third-order valence-corrected chi connectivity index (χ3v) is 5.00. The molecule has 0 atom stereocenters. The zero-order valence-electron chi connectivity index (χ0n) is 16.8. The molecule has 6 heteroatoms. The fourth-order valence-electron chi connectivity index (χ4n) is 3.48. The molecule has 1 aliphatic rings. The lowest BCUT2D eigenvalue weighted by Crippen LogP contribution is -2.17. The fraction of sp³-hybridized carbons (Fsp3) is 0.409. The Morgan fingerprint density at radius 2 is 1.57 bits per heavy atom. The first-order valence-electron chi connectivity index (χ1n) is 9.58. The van der Waals surface area contributed by atoms with Crippen molar-refractivity contribution < 1.29 is 19.0 Å². The maximum Gasteiger partial charge on any atom is 0.224 e. The maximum atomic E-state index is 12.4. The van der Waals surface area contributed by atoms with Gasteiger partial charge >= 0.3 is 0 Å². The molecule has 0 radical (unpaired) electrons. The number of aryl methyl sites for hydroxylation is 1. The molecule has 0 aromatic heterocycles. The number of amides is 1. The van der Waals surface area contributed by atoms with E-state index in [4.69, 9.17) is 14.2 Å². The summed E-state index contributed by atoms with van der Waals surface area (Å²) in [6.45, 7) is 2.27. The molecule has 6 nitrogen and oxygen atoms in total. The van der Waals surface area contributed by atoms with Crippen molar-refractivity contribution in [2.24, 2.45) is 0 Å². The van der Waals surface area contributed by atoms with Gasteiger partial charge in [0.15, 0.2) is 11.5 Å². The Balaban J connectivity index is 1.58. The molecule has 28 heavy (non-hydrogen) atoms. The molecule has 1 N–H and O–H groups in total. The average Bonchev–Trinajstić information content (AvgIpc) is 3.26. The number of carbonyl (C=O) groups is 1. The topological polar surface area (TPSA) is 60.0 Å². The summed E-state index contributed by atoms with van der Waals surface area (Å²) in [5.41, 5.74) is 3.04. The largest absolute Gasteiger partial charge is 0.493 e. The third-order valence-electron chi connectivity index (χ3n) is 5.00. The van der Waals surface area contributed by atoms with Crippen LogP contribution in [0.3, 0.4) is 0 Å². The van der Waals surface area contributed by atoms with E-state index in [-0.39, 0.29) is 5.91 Å². The first-order valence-corrected chi connectivity index (χ1v) is 9.58. The van der Waals surface area contributed by atoms with E-state index in [0.717, 1.165) is 18.7 Å². The van der Waals surface area contributed by atoms with Gasteiger partial charge in [-0.2, -0.15) is 0 Å². The summed E-state index contributed by atoms with van der Waals surface area (Å²) in [4.78, 5) is 14.8. The van der Waals surface area contributed by atoms with Crippen molar-refractivity contribution in [3.8, 4) is 17.2 Å². The summed E-state index contributed by atoms with van der Waals surface area (Å²) in [5, 5.41) is 2.91. The molecule has 0 aliphatic carbocycles. The molecule has 0 saturated carbocycles. The van der Waals surface area contributed by atoms with Crippen molar-refractivity contribution in [2.45, 2.75) is 25.7 Å². The number of hydrogen-bond acceptors (Lipinski definition) is 5. The van der Waals surface area contributed by atoms with Crippen LogP contribution in [0.1, 0.15) is 24.8 Å². The van der Waals surface area contributed by atoms with E-state index in [2.05, 4.69) is 34.5 Å². The molecule has 2 aromatic carbocycles. The van der Waals surface area contributed by atoms with Crippen LogP contribution in [0.15, 0.2) is 36.4 Å². The van der Waals surface area contributed by atoms with Crippen molar-refractivity contribution in [3.05, 3.63) is 42.0 Å². The van der Waals surface area contributed by atoms with Gasteiger partial charge in [0.1, 0.15) is 0 Å². The highest BCUT2D eigenvalue weighted by Crippen LogP contribution is 2.39. The second-order valence-corrected chi connectivity index (χ2v) is 6.82. The minimum Gasteiger partial charge on any atom is -0.493 e. The van der Waals surface area contributed by atoms with Crippen LogP contribution in [0, 0.1) is 0 Å². The predicted molar refractivity (Wildman–Crippen MR) is 111 cm³/mol. The van der Waals surface area contributed by atoms with Crippen LogP contribution in [0.25, 0.3) is 0 Å². The predicted octanol–water partition coefficient (Wildman–Crippen LogP) is 3.88. The van der Waals surface area contributed by atoms with E-state index in [9.17, 15) is 4.79 Å². The van der Waals surface area contributed by atoms with Crippen molar-refractivity contribution in [2.75, 3.05) is 44.6 Å². The Bertz CT molecular complexity index is 774. The smallest absolute Gasteiger partial charge is 0.224 e. The Morgan fingerprint density at radius 1 is 0.964 bits per heavy atom. The monoisotopic (exact) mass is 384 g/mol. The van der Waals surface area contributed by atoms with E-state index >= 15 is 0 Å². The van der Waals surface area contributed by atoms with Gasteiger partial charge < -0.3 is 24.4 Å². The van der Waals surface area contributed by atoms with Crippen LogP contribution < -0.4 is 24.4 Å². The number of carbonyl (C=O) groups excluding carboxylic acids is 1. The number of anilines is 2. The van der Waals surface area contributed by atoms with Crippen LogP contribution in [0.5, 0.6) is 17.2 Å². The summed E-state index contributed by atoms with van der Waals surface area (Å²) in [6, 6.07) is 12.0. The van der Waals surface area contributed by atoms with Gasteiger partial charge in [0.25, 0.3) is 0 Å². The number of rotatable bonds is 8. The van der Waals surface area contributed by atoms with Gasteiger partial charge in [-0.05, 0) is 37.0 Å². The second kappa shape index (κ2) is 9.35. The zero-order valence-corrected chi connectivity index (χ0v) is 16.8. The quantitative estimate of drug-likeness (QED) is 0.748. The van der Waals surface area contributed by atoms with Crippen molar-refractivity contribution in [1.29, 1.82) is 0 Å². The van der Waals surface area contributed by atoms with E-state index in [0.29, 0.717) is 35.8 Å². The normalized spacial score (nSPS) is 13.3. The number of methoxy groups -OCH3 is 3. The number of hydrogen-bond donors (Lipinski definition) is 1. The average molecular weight is 384 g/mol. The molecule has 0 spiro atoms. The molecular weight excluding hydrogens is 356 g/mol. The van der Waals surface area contributed by atoms with Gasteiger partial charge in [0.05, 0.1) is 21.3 Å². The molecule has 3 rings (SSSR count). The summed E-state index contributed by atoms with van der Waals surface area (Å²) < 4.78 is 16.0. The van der Waals surface area contributed by atoms with Crippen LogP contribution >= 0.6 is 0 Å². The first-order chi connectivity index (χ1) is 13.6. The number of nitrogens with one attached hydrogen (secondary N) is 1. The highest BCUT2D eigenvalue weighted by Gasteiger charge is 2.15. The van der Waals surface area contributed by atoms with Crippen molar-refractivity contribution >= 4 is 17.3 Å². The van der Waals surface area contributed by atoms with Crippen LogP contribution in [0.4, 0.5) is 11.4 Å². The third kappa shape index (κ3) is 4.68. The lowest BCUT2D eigenvalue weighted by atomic mass is 10.1. The lowest BCUT2D eigenvalue weighted by molar-refractivity contribution is -0.116. The molecule has 1 fully saturated rings. The Kier molecular flexibility index (Phi) is 6.63. The van der Waals surface area contributed by atoms with E-state index < -0.39 is 0 Å². The lowest BCUT2D eigenvalue weighted by Gasteiger charge is -2.17. The van der Waals surface area contributed by atoms with Crippen LogP contribution in [-0.4, -0.2) is 40.3 Å². The summed E-state index contributed by atoms with van der Waals surface area (Å²) >= 11 is 0. The molecule has 1 aliphatic heterocycles. The van der Waals surface area contributed by atoms with Gasteiger partial charge in [-0.15, -0.1) is 0 Å². The van der Waals surface area contributed by atoms with Gasteiger partial charge in [0, 0.05) is 43.0 Å². The molecule has 2 aromatic rings. The molecule has 1 saturated heterocycles. The summed E-state index contributed by atoms with van der Waals surface area (Å²) in [5.74, 6) is 1.46. The number of ether oxygens (including phenoxy) is 3. The molecule has 1 heterocycles. The fourth-order valence-corrected chi connectivity index (χ4v) is 3.48. The SMILES string of the molecule is COc1cc(NC(=O)CCc2ccc(N3CCCC3)cc2)cc(OC)c1OC. The van der Waals surface area contributed by atoms with E-state index in [1.54, 1.807) is 33.5 Å². The summed E-state index contributed by atoms with van der Waals surface area (Å²) in [7, 11) is 4.65. The Labute approximate surface area is 166 Å². The molecular formula is C22H28N2O4. The number of benzene rings is 2. The van der Waals surface area contributed by atoms with Gasteiger partial charge in [-0.1, -0.05) is 12.1 Å². The van der Waals surface area contributed by atoms with Crippen LogP contribution in [0.2, 0.25) is 0 Å². The molecule has 0 unspecified atom stereocenters.